The molecule has 0 aliphatic rings. The highest BCUT2D eigenvalue weighted by atomic mass is 16.5. The van der Waals surface area contributed by atoms with Crippen LogP contribution in [-0.4, -0.2) is 48.4 Å². The van der Waals surface area contributed by atoms with Gasteiger partial charge in [0.05, 0.1) is 13.4 Å². The molecule has 0 bridgehead atoms. The molecular weight excluding hydrogens is 356 g/mol. The standard InChI is InChI=1S/C20H26N6O2/c1-14-6-7-15(13-17(14)27-3)8-10-22-20(21-2)23-11-9-18-24-19(26-25-18)16-5-4-12-28-16/h4-7,12-13H,8-11H2,1-3H3,(H2,21,22,23)(H,24,25,26). The summed E-state index contributed by atoms with van der Waals surface area (Å²) in [6.07, 6.45) is 3.19. The fraction of sp³-hybridized carbons (Fsp3) is 0.350. The number of methoxy groups -OCH3 is 1. The van der Waals surface area contributed by atoms with E-state index in [4.69, 9.17) is 9.15 Å². The molecule has 0 saturated carbocycles. The molecule has 0 saturated heterocycles. The van der Waals surface area contributed by atoms with Crippen LogP contribution in [-0.2, 0) is 12.8 Å². The van der Waals surface area contributed by atoms with E-state index in [-0.39, 0.29) is 0 Å². The molecule has 0 aliphatic carbocycles. The maximum Gasteiger partial charge on any atom is 0.216 e. The van der Waals surface area contributed by atoms with Crippen LogP contribution >= 0.6 is 0 Å². The molecule has 0 atom stereocenters. The number of aromatic amines is 1. The van der Waals surface area contributed by atoms with Crippen molar-refractivity contribution in [3.8, 4) is 17.3 Å². The first-order chi connectivity index (χ1) is 13.7. The van der Waals surface area contributed by atoms with Gasteiger partial charge in [-0.1, -0.05) is 12.1 Å². The predicted octanol–water partition coefficient (Wildman–Crippen LogP) is 2.33. The molecule has 28 heavy (non-hydrogen) atoms. The van der Waals surface area contributed by atoms with Crippen LogP contribution in [0, 0.1) is 6.92 Å². The molecule has 1 aromatic carbocycles. The predicted molar refractivity (Wildman–Crippen MR) is 109 cm³/mol. The number of ether oxygens (including phenoxy) is 1. The molecule has 0 spiro atoms. The van der Waals surface area contributed by atoms with E-state index in [1.807, 2.05) is 19.1 Å². The SMILES string of the molecule is CN=C(NCCc1ccc(C)c(OC)c1)NCCc1nc(-c2ccco2)n[nH]1. The summed E-state index contributed by atoms with van der Waals surface area (Å²) in [4.78, 5) is 8.68. The summed E-state index contributed by atoms with van der Waals surface area (Å²) in [7, 11) is 3.45. The van der Waals surface area contributed by atoms with E-state index < -0.39 is 0 Å². The fourth-order valence-electron chi connectivity index (χ4n) is 2.79. The number of aliphatic imine (C=N–C) groups is 1. The maximum absolute atomic E-state index is 5.38. The van der Waals surface area contributed by atoms with Gasteiger partial charge in [0.15, 0.2) is 11.7 Å². The summed E-state index contributed by atoms with van der Waals surface area (Å²) in [6.45, 7) is 3.50. The van der Waals surface area contributed by atoms with E-state index in [9.17, 15) is 0 Å². The van der Waals surface area contributed by atoms with Crippen LogP contribution in [0.4, 0.5) is 0 Å². The highest BCUT2D eigenvalue weighted by molar-refractivity contribution is 5.79. The Morgan fingerprint density at radius 3 is 2.75 bits per heavy atom. The van der Waals surface area contributed by atoms with Gasteiger partial charge in [0.1, 0.15) is 11.6 Å². The van der Waals surface area contributed by atoms with Crippen molar-refractivity contribution in [3.63, 3.8) is 0 Å². The topological polar surface area (TPSA) is 100 Å². The molecule has 2 heterocycles. The van der Waals surface area contributed by atoms with Gasteiger partial charge in [-0.05, 0) is 42.7 Å². The fourth-order valence-corrected chi connectivity index (χ4v) is 2.79. The van der Waals surface area contributed by atoms with Crippen LogP contribution in [0.25, 0.3) is 11.6 Å². The van der Waals surface area contributed by atoms with Gasteiger partial charge < -0.3 is 19.8 Å². The van der Waals surface area contributed by atoms with Crippen molar-refractivity contribution in [2.45, 2.75) is 19.8 Å². The Hall–Kier alpha value is -3.29. The highest BCUT2D eigenvalue weighted by Crippen LogP contribution is 2.19. The average molecular weight is 382 g/mol. The van der Waals surface area contributed by atoms with Crippen molar-refractivity contribution in [2.75, 3.05) is 27.2 Å². The number of nitrogens with one attached hydrogen (secondary N) is 3. The van der Waals surface area contributed by atoms with Crippen molar-refractivity contribution in [3.05, 3.63) is 53.5 Å². The second-order valence-corrected chi connectivity index (χ2v) is 6.31. The number of benzene rings is 1. The zero-order chi connectivity index (χ0) is 19.8. The molecule has 148 valence electrons. The summed E-state index contributed by atoms with van der Waals surface area (Å²) < 4.78 is 10.7. The van der Waals surface area contributed by atoms with Gasteiger partial charge in [0, 0.05) is 26.6 Å². The summed E-state index contributed by atoms with van der Waals surface area (Å²) in [5.41, 5.74) is 2.36. The van der Waals surface area contributed by atoms with Crippen LogP contribution in [0.3, 0.4) is 0 Å². The number of nitrogens with zero attached hydrogens (tertiary/aromatic N) is 3. The molecule has 0 amide bonds. The van der Waals surface area contributed by atoms with Crippen LogP contribution in [0.1, 0.15) is 17.0 Å². The smallest absolute Gasteiger partial charge is 0.216 e. The lowest BCUT2D eigenvalue weighted by molar-refractivity contribution is 0.411. The van der Waals surface area contributed by atoms with Gasteiger partial charge in [0.2, 0.25) is 5.82 Å². The molecule has 8 heteroatoms. The molecule has 3 N–H and O–H groups in total. The third kappa shape index (κ3) is 5.12. The van der Waals surface area contributed by atoms with Crippen LogP contribution in [0.15, 0.2) is 46.0 Å². The first-order valence-corrected chi connectivity index (χ1v) is 9.23. The van der Waals surface area contributed by atoms with E-state index in [2.05, 4.69) is 49.0 Å². The van der Waals surface area contributed by atoms with Gasteiger partial charge >= 0.3 is 0 Å². The summed E-state index contributed by atoms with van der Waals surface area (Å²) in [5, 5.41) is 13.7. The molecular formula is C20H26N6O2. The van der Waals surface area contributed by atoms with Gasteiger partial charge in [-0.3, -0.25) is 10.1 Å². The van der Waals surface area contributed by atoms with Gasteiger partial charge in [0.25, 0.3) is 0 Å². The van der Waals surface area contributed by atoms with E-state index in [0.717, 1.165) is 36.1 Å². The third-order valence-corrected chi connectivity index (χ3v) is 4.33. The number of H-pyrrole nitrogens is 1. The second-order valence-electron chi connectivity index (χ2n) is 6.31. The van der Waals surface area contributed by atoms with Gasteiger partial charge in [-0.2, -0.15) is 5.10 Å². The Bertz CT molecular complexity index is 901. The van der Waals surface area contributed by atoms with Crippen molar-refractivity contribution in [1.29, 1.82) is 0 Å². The van der Waals surface area contributed by atoms with Crippen LogP contribution < -0.4 is 15.4 Å². The number of hydrogen-bond donors (Lipinski definition) is 3. The van der Waals surface area contributed by atoms with Crippen molar-refractivity contribution >= 4 is 5.96 Å². The zero-order valence-electron chi connectivity index (χ0n) is 16.5. The Labute approximate surface area is 164 Å². The van der Waals surface area contributed by atoms with E-state index in [1.165, 1.54) is 5.56 Å². The Balaban J connectivity index is 1.41. The third-order valence-electron chi connectivity index (χ3n) is 4.33. The number of hydrogen-bond acceptors (Lipinski definition) is 5. The zero-order valence-corrected chi connectivity index (χ0v) is 16.5. The quantitative estimate of drug-likeness (QED) is 0.408. The lowest BCUT2D eigenvalue weighted by atomic mass is 10.1. The second kappa shape index (κ2) is 9.59. The minimum Gasteiger partial charge on any atom is -0.496 e. The maximum atomic E-state index is 5.38. The van der Waals surface area contributed by atoms with Crippen molar-refractivity contribution in [2.24, 2.45) is 4.99 Å². The van der Waals surface area contributed by atoms with E-state index in [1.54, 1.807) is 20.4 Å². The minimum atomic E-state index is 0.566. The van der Waals surface area contributed by atoms with Crippen molar-refractivity contribution in [1.82, 2.24) is 25.8 Å². The molecule has 8 nitrogen and oxygen atoms in total. The van der Waals surface area contributed by atoms with Crippen LogP contribution in [0.5, 0.6) is 5.75 Å². The summed E-state index contributed by atoms with van der Waals surface area (Å²) in [6, 6.07) is 9.93. The molecule has 0 fully saturated rings. The Morgan fingerprint density at radius 1 is 1.21 bits per heavy atom. The summed E-state index contributed by atoms with van der Waals surface area (Å²) in [5.74, 6) is 3.68. The monoisotopic (exact) mass is 382 g/mol. The van der Waals surface area contributed by atoms with Gasteiger partial charge in [-0.25, -0.2) is 4.98 Å². The first-order valence-electron chi connectivity index (χ1n) is 9.23. The minimum absolute atomic E-state index is 0.566. The largest absolute Gasteiger partial charge is 0.496 e. The number of guanidine groups is 1. The van der Waals surface area contributed by atoms with E-state index >= 15 is 0 Å². The lowest BCUT2D eigenvalue weighted by Crippen LogP contribution is -2.39. The molecule has 3 aromatic rings. The lowest BCUT2D eigenvalue weighted by Gasteiger charge is -2.12. The van der Waals surface area contributed by atoms with Crippen molar-refractivity contribution < 1.29 is 9.15 Å². The van der Waals surface area contributed by atoms with E-state index in [0.29, 0.717) is 24.6 Å². The molecule has 0 unspecified atom stereocenters. The average Bonchev–Trinajstić information content (AvgIpc) is 3.39. The van der Waals surface area contributed by atoms with Crippen LogP contribution in [0.2, 0.25) is 0 Å². The number of furan rings is 1. The first kappa shape index (κ1) is 19.5. The normalized spacial score (nSPS) is 11.5. The Morgan fingerprint density at radius 2 is 2.04 bits per heavy atom. The molecule has 3 rings (SSSR count). The highest BCUT2D eigenvalue weighted by Gasteiger charge is 2.08. The number of aromatic nitrogens is 3. The molecule has 0 aliphatic heterocycles. The number of rotatable bonds is 8. The Kier molecular flexibility index (Phi) is 6.67. The summed E-state index contributed by atoms with van der Waals surface area (Å²) >= 11 is 0. The number of aryl methyl sites for hydroxylation is 1. The van der Waals surface area contributed by atoms with Gasteiger partial charge in [-0.15, -0.1) is 0 Å². The molecule has 0 radical (unpaired) electrons. The molecule has 2 aromatic heterocycles.